The summed E-state index contributed by atoms with van der Waals surface area (Å²) in [6, 6.07) is 7.92. The first-order valence-corrected chi connectivity index (χ1v) is 9.26. The molecule has 134 valence electrons. The fraction of sp³-hybridized carbons (Fsp3) is 0.500. The maximum Gasteiger partial charge on any atom is 0.256 e. The number of aryl methyl sites for hydroxylation is 1. The van der Waals surface area contributed by atoms with Gasteiger partial charge in [-0.15, -0.1) is 0 Å². The number of carbonyl (C=O) groups excluding carboxylic acids is 2. The molecule has 0 unspecified atom stereocenters. The van der Waals surface area contributed by atoms with Gasteiger partial charge in [0, 0.05) is 49.2 Å². The maximum atomic E-state index is 13.1. The van der Waals surface area contributed by atoms with Crippen LogP contribution in [0.25, 0.3) is 10.9 Å². The zero-order valence-electron chi connectivity index (χ0n) is 15.2. The van der Waals surface area contributed by atoms with Crippen molar-refractivity contribution >= 4 is 22.7 Å². The lowest BCUT2D eigenvalue weighted by Crippen LogP contribution is -2.37. The van der Waals surface area contributed by atoms with Gasteiger partial charge in [-0.05, 0) is 25.8 Å². The summed E-state index contributed by atoms with van der Waals surface area (Å²) in [5, 5.41) is 0.977. The van der Waals surface area contributed by atoms with Gasteiger partial charge >= 0.3 is 0 Å². The molecule has 0 spiro atoms. The lowest BCUT2D eigenvalue weighted by Gasteiger charge is -2.22. The summed E-state index contributed by atoms with van der Waals surface area (Å²) >= 11 is 0. The number of benzene rings is 1. The summed E-state index contributed by atoms with van der Waals surface area (Å²) in [4.78, 5) is 32.5. The third-order valence-corrected chi connectivity index (χ3v) is 4.99. The Morgan fingerprint density at radius 2 is 1.80 bits per heavy atom. The number of para-hydroxylation sites is 1. The first kappa shape index (κ1) is 17.5. The number of aromatic nitrogens is 1. The van der Waals surface area contributed by atoms with E-state index in [1.165, 1.54) is 0 Å². The number of nitrogens with one attached hydrogen (secondary N) is 1. The quantitative estimate of drug-likeness (QED) is 0.927. The third-order valence-electron chi connectivity index (χ3n) is 4.99. The van der Waals surface area contributed by atoms with Crippen molar-refractivity contribution in [2.45, 2.75) is 39.5 Å². The topological polar surface area (TPSA) is 56.4 Å². The Bertz CT molecular complexity index is 765. The van der Waals surface area contributed by atoms with Crippen LogP contribution in [0.4, 0.5) is 0 Å². The normalized spacial score (nSPS) is 15.4. The monoisotopic (exact) mass is 341 g/mol. The Kier molecular flexibility index (Phi) is 5.41. The number of aromatic amines is 1. The molecule has 3 rings (SSSR count). The Hall–Kier alpha value is -2.30. The van der Waals surface area contributed by atoms with E-state index < -0.39 is 0 Å². The second-order valence-corrected chi connectivity index (χ2v) is 6.80. The Morgan fingerprint density at radius 3 is 2.60 bits per heavy atom. The zero-order chi connectivity index (χ0) is 17.8. The predicted octanol–water partition coefficient (Wildman–Crippen LogP) is 3.34. The molecule has 1 aromatic heterocycles. The van der Waals surface area contributed by atoms with Crippen LogP contribution in [0.3, 0.4) is 0 Å². The molecule has 1 aliphatic heterocycles. The molecule has 1 fully saturated rings. The molecule has 5 heteroatoms. The van der Waals surface area contributed by atoms with Crippen LogP contribution in [0, 0.1) is 6.92 Å². The highest BCUT2D eigenvalue weighted by Gasteiger charge is 2.25. The molecule has 2 aromatic rings. The van der Waals surface area contributed by atoms with Gasteiger partial charge in [0.15, 0.2) is 0 Å². The minimum atomic E-state index is 0.0674. The zero-order valence-corrected chi connectivity index (χ0v) is 15.2. The number of H-pyrrole nitrogens is 1. The lowest BCUT2D eigenvalue weighted by molar-refractivity contribution is -0.131. The summed E-state index contributed by atoms with van der Waals surface area (Å²) in [6.45, 7) is 6.74. The van der Waals surface area contributed by atoms with Crippen molar-refractivity contribution in [2.24, 2.45) is 0 Å². The van der Waals surface area contributed by atoms with Crippen molar-refractivity contribution in [2.75, 3.05) is 26.2 Å². The average Bonchev–Trinajstić information content (AvgIpc) is 2.79. The van der Waals surface area contributed by atoms with Crippen LogP contribution in [0.15, 0.2) is 24.3 Å². The van der Waals surface area contributed by atoms with Crippen molar-refractivity contribution in [1.29, 1.82) is 0 Å². The van der Waals surface area contributed by atoms with Crippen LogP contribution in [-0.2, 0) is 4.79 Å². The molecule has 2 heterocycles. The van der Waals surface area contributed by atoms with Crippen LogP contribution in [-0.4, -0.2) is 52.8 Å². The van der Waals surface area contributed by atoms with Crippen molar-refractivity contribution in [3.63, 3.8) is 0 Å². The number of carbonyl (C=O) groups is 2. The van der Waals surface area contributed by atoms with Gasteiger partial charge in [-0.3, -0.25) is 9.59 Å². The predicted molar refractivity (Wildman–Crippen MR) is 99.7 cm³/mol. The molecule has 1 aromatic carbocycles. The highest BCUT2D eigenvalue weighted by molar-refractivity contribution is 6.08. The van der Waals surface area contributed by atoms with Gasteiger partial charge in [-0.2, -0.15) is 0 Å². The Morgan fingerprint density at radius 1 is 1.08 bits per heavy atom. The van der Waals surface area contributed by atoms with E-state index >= 15 is 0 Å². The van der Waals surface area contributed by atoms with E-state index in [4.69, 9.17) is 0 Å². The van der Waals surface area contributed by atoms with Crippen LogP contribution >= 0.6 is 0 Å². The van der Waals surface area contributed by atoms with Crippen molar-refractivity contribution in [3.05, 3.63) is 35.5 Å². The maximum absolute atomic E-state index is 13.1. The van der Waals surface area contributed by atoms with Gasteiger partial charge in [0.05, 0.1) is 5.56 Å². The molecule has 1 N–H and O–H groups in total. The van der Waals surface area contributed by atoms with Crippen molar-refractivity contribution in [3.8, 4) is 0 Å². The van der Waals surface area contributed by atoms with Gasteiger partial charge < -0.3 is 14.8 Å². The Labute approximate surface area is 149 Å². The molecule has 5 nitrogen and oxygen atoms in total. The molecular formula is C20H27N3O2. The second-order valence-electron chi connectivity index (χ2n) is 6.80. The van der Waals surface area contributed by atoms with Crippen molar-refractivity contribution < 1.29 is 9.59 Å². The average molecular weight is 341 g/mol. The summed E-state index contributed by atoms with van der Waals surface area (Å²) in [6.07, 6.45) is 3.42. The number of hydrogen-bond donors (Lipinski definition) is 1. The van der Waals surface area contributed by atoms with Gasteiger partial charge in [-0.25, -0.2) is 0 Å². The largest absolute Gasteiger partial charge is 0.358 e. The van der Waals surface area contributed by atoms with Gasteiger partial charge in [0.1, 0.15) is 0 Å². The molecule has 1 saturated heterocycles. The molecule has 0 radical (unpaired) electrons. The third kappa shape index (κ3) is 3.70. The number of hydrogen-bond acceptors (Lipinski definition) is 2. The van der Waals surface area contributed by atoms with E-state index in [2.05, 4.69) is 11.9 Å². The second kappa shape index (κ2) is 7.72. The minimum Gasteiger partial charge on any atom is -0.358 e. The molecule has 0 atom stereocenters. The summed E-state index contributed by atoms with van der Waals surface area (Å²) < 4.78 is 0. The SMILES string of the molecule is CCCCC(=O)N1CCCN(C(=O)c2c(C)[nH]c3ccccc23)CC1. The van der Waals surface area contributed by atoms with E-state index in [-0.39, 0.29) is 11.8 Å². The van der Waals surface area contributed by atoms with E-state index in [1.807, 2.05) is 41.0 Å². The number of unbranched alkanes of at least 4 members (excludes halogenated alkanes) is 1. The van der Waals surface area contributed by atoms with Crippen LogP contribution < -0.4 is 0 Å². The molecule has 0 aliphatic carbocycles. The van der Waals surface area contributed by atoms with E-state index in [1.54, 1.807) is 0 Å². The van der Waals surface area contributed by atoms with Gasteiger partial charge in [-0.1, -0.05) is 31.5 Å². The van der Waals surface area contributed by atoms with E-state index in [0.29, 0.717) is 26.1 Å². The highest BCUT2D eigenvalue weighted by Crippen LogP contribution is 2.24. The fourth-order valence-electron chi connectivity index (χ4n) is 3.57. The fourth-order valence-corrected chi connectivity index (χ4v) is 3.57. The number of fused-ring (bicyclic) bond motifs is 1. The Balaban J connectivity index is 1.73. The van der Waals surface area contributed by atoms with Crippen LogP contribution in [0.2, 0.25) is 0 Å². The molecule has 25 heavy (non-hydrogen) atoms. The molecule has 0 saturated carbocycles. The molecular weight excluding hydrogens is 314 g/mol. The van der Waals surface area contributed by atoms with Gasteiger partial charge in [0.25, 0.3) is 5.91 Å². The number of amides is 2. The van der Waals surface area contributed by atoms with E-state index in [0.717, 1.165) is 48.0 Å². The molecule has 2 amide bonds. The van der Waals surface area contributed by atoms with E-state index in [9.17, 15) is 9.59 Å². The van der Waals surface area contributed by atoms with Crippen LogP contribution in [0.1, 0.15) is 48.7 Å². The summed E-state index contributed by atoms with van der Waals surface area (Å²) in [5.74, 6) is 0.289. The van der Waals surface area contributed by atoms with Crippen molar-refractivity contribution in [1.82, 2.24) is 14.8 Å². The van der Waals surface area contributed by atoms with Gasteiger partial charge in [0.2, 0.25) is 5.91 Å². The summed E-state index contributed by atoms with van der Waals surface area (Å²) in [7, 11) is 0. The first-order chi connectivity index (χ1) is 12.1. The lowest BCUT2D eigenvalue weighted by atomic mass is 10.1. The highest BCUT2D eigenvalue weighted by atomic mass is 16.2. The molecule has 1 aliphatic rings. The van der Waals surface area contributed by atoms with Crippen LogP contribution in [0.5, 0.6) is 0 Å². The smallest absolute Gasteiger partial charge is 0.256 e. The first-order valence-electron chi connectivity index (χ1n) is 9.26. The summed E-state index contributed by atoms with van der Waals surface area (Å²) in [5.41, 5.74) is 2.67. The molecule has 0 bridgehead atoms. The number of nitrogens with zero attached hydrogens (tertiary/aromatic N) is 2. The number of rotatable bonds is 4. The minimum absolute atomic E-state index is 0.0674. The standard InChI is InChI=1S/C20H27N3O2/c1-3-4-10-18(24)22-11-7-12-23(14-13-22)20(25)19-15(2)21-17-9-6-5-8-16(17)19/h5-6,8-9,21H,3-4,7,10-14H2,1-2H3.